The zero-order chi connectivity index (χ0) is 23.2. The van der Waals surface area contributed by atoms with Gasteiger partial charge in [0.2, 0.25) is 0 Å². The zero-order valence-electron chi connectivity index (χ0n) is 21.1. The minimum absolute atomic E-state index is 0. The predicted octanol–water partition coefficient (Wildman–Crippen LogP) is 4.21. The Kier molecular flexibility index (Phi) is 11.3. The molecule has 1 aromatic rings. The number of aryl methyl sites for hydroxylation is 1. The quantitative estimate of drug-likeness (QED) is 0.320. The molecule has 1 aliphatic rings. The monoisotopic (exact) mass is 562 g/mol. The highest BCUT2D eigenvalue weighted by Crippen LogP contribution is 2.22. The third-order valence-electron chi connectivity index (χ3n) is 5.47. The SMILES string of the molecule is CN=C(NCCC1CCCN(C(=O)OC(C)(C)C)C1)N(C)Cc1cn(C)nc1C(C)C.I. The average Bonchev–Trinajstić information content (AvgIpc) is 3.04. The van der Waals surface area contributed by atoms with E-state index in [1.54, 1.807) is 0 Å². The van der Waals surface area contributed by atoms with Crippen molar-refractivity contribution in [2.75, 3.05) is 33.7 Å². The van der Waals surface area contributed by atoms with E-state index in [1.807, 2.05) is 44.4 Å². The number of piperidine rings is 1. The molecule has 1 aliphatic heterocycles. The largest absolute Gasteiger partial charge is 0.444 e. The molecule has 0 spiro atoms. The molecule has 1 amide bonds. The fraction of sp³-hybridized carbons (Fsp3) is 0.783. The number of rotatable bonds is 6. The number of aromatic nitrogens is 2. The maximum absolute atomic E-state index is 12.4. The van der Waals surface area contributed by atoms with Gasteiger partial charge in [-0.2, -0.15) is 5.10 Å². The summed E-state index contributed by atoms with van der Waals surface area (Å²) in [6, 6.07) is 0. The molecule has 2 heterocycles. The topological polar surface area (TPSA) is 75.0 Å². The summed E-state index contributed by atoms with van der Waals surface area (Å²) in [5.41, 5.74) is 1.91. The Morgan fingerprint density at radius 1 is 1.41 bits per heavy atom. The second-order valence-corrected chi connectivity index (χ2v) is 9.92. The Balaban J connectivity index is 0.00000512. The van der Waals surface area contributed by atoms with E-state index in [-0.39, 0.29) is 30.1 Å². The second kappa shape index (κ2) is 12.6. The van der Waals surface area contributed by atoms with Crippen LogP contribution in [-0.2, 0) is 18.3 Å². The number of hydrogen-bond acceptors (Lipinski definition) is 4. The first-order valence-electron chi connectivity index (χ1n) is 11.4. The molecule has 9 heteroatoms. The van der Waals surface area contributed by atoms with Crippen molar-refractivity contribution in [2.45, 2.75) is 71.9 Å². The minimum Gasteiger partial charge on any atom is -0.444 e. The summed E-state index contributed by atoms with van der Waals surface area (Å²) in [4.78, 5) is 20.8. The van der Waals surface area contributed by atoms with Gasteiger partial charge in [0.15, 0.2) is 5.96 Å². The molecule has 0 bridgehead atoms. The summed E-state index contributed by atoms with van der Waals surface area (Å²) in [7, 11) is 5.83. The van der Waals surface area contributed by atoms with Crippen LogP contribution < -0.4 is 5.32 Å². The van der Waals surface area contributed by atoms with Crippen molar-refractivity contribution in [1.82, 2.24) is 24.9 Å². The van der Waals surface area contributed by atoms with Gasteiger partial charge in [-0.05, 0) is 51.9 Å². The fourth-order valence-corrected chi connectivity index (χ4v) is 4.06. The van der Waals surface area contributed by atoms with E-state index in [2.05, 4.69) is 47.4 Å². The highest BCUT2D eigenvalue weighted by Gasteiger charge is 2.27. The molecule has 0 aromatic carbocycles. The average molecular weight is 563 g/mol. The van der Waals surface area contributed by atoms with Crippen LogP contribution in [0.25, 0.3) is 0 Å². The fourth-order valence-electron chi connectivity index (χ4n) is 4.06. The Labute approximate surface area is 211 Å². The normalized spacial score (nSPS) is 17.2. The zero-order valence-corrected chi connectivity index (χ0v) is 23.5. The summed E-state index contributed by atoms with van der Waals surface area (Å²) in [6.45, 7) is 13.2. The molecule has 1 N–H and O–H groups in total. The van der Waals surface area contributed by atoms with Crippen molar-refractivity contribution >= 4 is 36.0 Å². The van der Waals surface area contributed by atoms with Gasteiger partial charge in [-0.15, -0.1) is 24.0 Å². The van der Waals surface area contributed by atoms with Gasteiger partial charge in [-0.25, -0.2) is 4.79 Å². The molecule has 8 nitrogen and oxygen atoms in total. The van der Waals surface area contributed by atoms with Crippen molar-refractivity contribution in [3.63, 3.8) is 0 Å². The number of nitrogens with one attached hydrogen (secondary N) is 1. The molecule has 32 heavy (non-hydrogen) atoms. The number of guanidine groups is 1. The molecule has 1 fully saturated rings. The lowest BCUT2D eigenvalue weighted by Crippen LogP contribution is -2.44. The van der Waals surface area contributed by atoms with Crippen LogP contribution in [0.2, 0.25) is 0 Å². The molecule has 1 atom stereocenters. The Morgan fingerprint density at radius 3 is 2.69 bits per heavy atom. The van der Waals surface area contributed by atoms with Gasteiger partial charge in [0.25, 0.3) is 0 Å². The first-order chi connectivity index (χ1) is 14.5. The van der Waals surface area contributed by atoms with E-state index in [0.717, 1.165) is 57.1 Å². The smallest absolute Gasteiger partial charge is 0.410 e. The molecule has 0 radical (unpaired) electrons. The third-order valence-corrected chi connectivity index (χ3v) is 5.47. The van der Waals surface area contributed by atoms with Crippen LogP contribution >= 0.6 is 24.0 Å². The molecule has 184 valence electrons. The molecule has 0 aliphatic carbocycles. The molecule has 1 unspecified atom stereocenters. The van der Waals surface area contributed by atoms with Crippen LogP contribution in [-0.4, -0.2) is 71.0 Å². The number of carbonyl (C=O) groups is 1. The van der Waals surface area contributed by atoms with Gasteiger partial charge in [-0.3, -0.25) is 9.67 Å². The van der Waals surface area contributed by atoms with Gasteiger partial charge in [0.05, 0.1) is 5.69 Å². The summed E-state index contributed by atoms with van der Waals surface area (Å²) < 4.78 is 7.42. The van der Waals surface area contributed by atoms with Crippen molar-refractivity contribution in [3.8, 4) is 0 Å². The van der Waals surface area contributed by atoms with E-state index >= 15 is 0 Å². The van der Waals surface area contributed by atoms with Crippen molar-refractivity contribution in [3.05, 3.63) is 17.5 Å². The van der Waals surface area contributed by atoms with Crippen LogP contribution in [0.3, 0.4) is 0 Å². The van der Waals surface area contributed by atoms with Gasteiger partial charge < -0.3 is 19.9 Å². The summed E-state index contributed by atoms with van der Waals surface area (Å²) in [6.07, 6.45) is 5.06. The van der Waals surface area contributed by atoms with E-state index < -0.39 is 5.60 Å². The van der Waals surface area contributed by atoms with Crippen molar-refractivity contribution < 1.29 is 9.53 Å². The lowest BCUT2D eigenvalue weighted by atomic mass is 9.95. The van der Waals surface area contributed by atoms with Crippen LogP contribution in [0.1, 0.15) is 71.1 Å². The molecule has 1 saturated heterocycles. The van der Waals surface area contributed by atoms with E-state index in [1.165, 1.54) is 5.56 Å². The molecule has 1 aromatic heterocycles. The maximum atomic E-state index is 12.4. The van der Waals surface area contributed by atoms with Crippen LogP contribution in [0, 0.1) is 5.92 Å². The number of hydrogen-bond donors (Lipinski definition) is 1. The van der Waals surface area contributed by atoms with E-state index in [0.29, 0.717) is 11.8 Å². The Morgan fingerprint density at radius 2 is 2.09 bits per heavy atom. The van der Waals surface area contributed by atoms with E-state index in [4.69, 9.17) is 4.74 Å². The van der Waals surface area contributed by atoms with Crippen LogP contribution in [0.4, 0.5) is 4.79 Å². The summed E-state index contributed by atoms with van der Waals surface area (Å²) >= 11 is 0. The van der Waals surface area contributed by atoms with Crippen molar-refractivity contribution in [1.29, 1.82) is 0 Å². The lowest BCUT2D eigenvalue weighted by molar-refractivity contribution is 0.0162. The van der Waals surface area contributed by atoms with Gasteiger partial charge in [0.1, 0.15) is 5.60 Å². The first-order valence-corrected chi connectivity index (χ1v) is 11.4. The van der Waals surface area contributed by atoms with Crippen molar-refractivity contribution in [2.24, 2.45) is 18.0 Å². The standard InChI is InChI=1S/C23H42N6O2.HI/c1-17(2)20-19(16-28(8)26-20)15-27(7)21(24-6)25-12-11-18-10-9-13-29(14-18)22(30)31-23(3,4)5;/h16-18H,9-15H2,1-8H3,(H,24,25);1H. The Bertz CT molecular complexity index is 756. The summed E-state index contributed by atoms with van der Waals surface area (Å²) in [5.74, 6) is 1.74. The van der Waals surface area contributed by atoms with Crippen LogP contribution in [0.15, 0.2) is 11.2 Å². The number of nitrogens with zero attached hydrogens (tertiary/aromatic N) is 5. The lowest BCUT2D eigenvalue weighted by Gasteiger charge is -2.34. The maximum Gasteiger partial charge on any atom is 0.410 e. The molecular weight excluding hydrogens is 519 g/mol. The predicted molar refractivity (Wildman–Crippen MR) is 141 cm³/mol. The number of amides is 1. The molecule has 2 rings (SSSR count). The highest BCUT2D eigenvalue weighted by molar-refractivity contribution is 14.0. The van der Waals surface area contributed by atoms with Gasteiger partial charge in [0, 0.05) is 59.1 Å². The molecular formula is C23H43IN6O2. The molecule has 0 saturated carbocycles. The third kappa shape index (κ3) is 8.78. The van der Waals surface area contributed by atoms with Gasteiger partial charge >= 0.3 is 6.09 Å². The highest BCUT2D eigenvalue weighted by atomic mass is 127. The van der Waals surface area contributed by atoms with Gasteiger partial charge in [-0.1, -0.05) is 13.8 Å². The van der Waals surface area contributed by atoms with Crippen LogP contribution in [0.5, 0.6) is 0 Å². The number of carbonyl (C=O) groups excluding carboxylic acids is 1. The summed E-state index contributed by atoms with van der Waals surface area (Å²) in [5, 5.41) is 8.09. The number of ether oxygens (including phenoxy) is 1. The minimum atomic E-state index is -0.452. The number of likely N-dealkylation sites (tertiary alicyclic amines) is 1. The Hall–Kier alpha value is -1.52. The number of aliphatic imine (C=N–C) groups is 1. The number of halogens is 1. The second-order valence-electron chi connectivity index (χ2n) is 9.92. The first kappa shape index (κ1) is 28.5. The van der Waals surface area contributed by atoms with E-state index in [9.17, 15) is 4.79 Å².